The van der Waals surface area contributed by atoms with Gasteiger partial charge in [0.1, 0.15) is 0 Å². The van der Waals surface area contributed by atoms with E-state index >= 15 is 0 Å². The molecule has 0 aliphatic carbocycles. The van der Waals surface area contributed by atoms with Crippen LogP contribution in [0, 0.1) is 0 Å². The normalized spacial score (nSPS) is 20.8. The third-order valence-electron chi connectivity index (χ3n) is 4.63. The van der Waals surface area contributed by atoms with E-state index in [2.05, 4.69) is 54.0 Å². The van der Waals surface area contributed by atoms with Crippen LogP contribution in [0.15, 0.2) is 30.3 Å². The highest BCUT2D eigenvalue weighted by molar-refractivity contribution is 5.19. The first-order chi connectivity index (χ1) is 9.76. The Balaban J connectivity index is 1.98. The van der Waals surface area contributed by atoms with Gasteiger partial charge >= 0.3 is 0 Å². The molecule has 0 amide bonds. The summed E-state index contributed by atoms with van der Waals surface area (Å²) in [6, 6.07) is 12.0. The second kappa shape index (κ2) is 7.77. The van der Waals surface area contributed by atoms with Crippen LogP contribution in [0.3, 0.4) is 0 Å². The van der Waals surface area contributed by atoms with Crippen molar-refractivity contribution < 1.29 is 0 Å². The summed E-state index contributed by atoms with van der Waals surface area (Å²) in [7, 11) is 0. The van der Waals surface area contributed by atoms with Crippen molar-refractivity contribution >= 4 is 0 Å². The summed E-state index contributed by atoms with van der Waals surface area (Å²) in [6.07, 6.45) is 2.29. The van der Waals surface area contributed by atoms with Crippen molar-refractivity contribution in [2.75, 3.05) is 32.7 Å². The van der Waals surface area contributed by atoms with E-state index in [1.54, 1.807) is 0 Å². The highest BCUT2D eigenvalue weighted by Gasteiger charge is 2.25. The molecule has 1 aromatic carbocycles. The van der Waals surface area contributed by atoms with E-state index in [1.807, 2.05) is 0 Å². The second-order valence-electron chi connectivity index (χ2n) is 5.83. The Morgan fingerprint density at radius 1 is 1.05 bits per heavy atom. The quantitative estimate of drug-likeness (QED) is 0.866. The van der Waals surface area contributed by atoms with Crippen LogP contribution in [0.1, 0.15) is 38.3 Å². The minimum atomic E-state index is 0.486. The van der Waals surface area contributed by atoms with Crippen LogP contribution in [0.2, 0.25) is 0 Å². The van der Waals surface area contributed by atoms with E-state index in [9.17, 15) is 0 Å². The van der Waals surface area contributed by atoms with Crippen molar-refractivity contribution in [3.63, 3.8) is 0 Å². The Hall–Kier alpha value is -0.900. The van der Waals surface area contributed by atoms with E-state index < -0.39 is 0 Å². The van der Waals surface area contributed by atoms with Gasteiger partial charge in [0, 0.05) is 38.3 Å². The van der Waals surface area contributed by atoms with Crippen LogP contribution >= 0.6 is 0 Å². The first-order valence-electron chi connectivity index (χ1n) is 7.99. The number of rotatable bonds is 6. The lowest BCUT2D eigenvalue weighted by Crippen LogP contribution is -2.50. The number of piperazine rings is 1. The Labute approximate surface area is 123 Å². The third-order valence-corrected chi connectivity index (χ3v) is 4.63. The van der Waals surface area contributed by atoms with Crippen molar-refractivity contribution in [1.29, 1.82) is 0 Å². The van der Waals surface area contributed by atoms with Crippen LogP contribution in [0.4, 0.5) is 0 Å². The summed E-state index contributed by atoms with van der Waals surface area (Å²) in [5.41, 5.74) is 7.25. The fraction of sp³-hybridized carbons (Fsp3) is 0.647. The molecular weight excluding hydrogens is 246 g/mol. The molecule has 2 N–H and O–H groups in total. The molecular formula is C17H29N3. The predicted octanol–water partition coefficient (Wildman–Crippen LogP) is 2.49. The van der Waals surface area contributed by atoms with Gasteiger partial charge in [-0.2, -0.15) is 0 Å². The van der Waals surface area contributed by atoms with Crippen LogP contribution in [0.5, 0.6) is 0 Å². The Morgan fingerprint density at radius 2 is 1.65 bits per heavy atom. The molecule has 1 fully saturated rings. The van der Waals surface area contributed by atoms with Gasteiger partial charge in [0.05, 0.1) is 0 Å². The fourth-order valence-corrected chi connectivity index (χ4v) is 3.14. The molecule has 1 aliphatic rings. The molecule has 2 unspecified atom stereocenters. The summed E-state index contributed by atoms with van der Waals surface area (Å²) in [5.74, 6) is 0. The molecule has 0 spiro atoms. The van der Waals surface area contributed by atoms with Crippen LogP contribution in [-0.2, 0) is 0 Å². The molecule has 3 heteroatoms. The van der Waals surface area contributed by atoms with Crippen molar-refractivity contribution in [2.24, 2.45) is 5.73 Å². The van der Waals surface area contributed by atoms with Gasteiger partial charge in [0.2, 0.25) is 0 Å². The van der Waals surface area contributed by atoms with Gasteiger partial charge < -0.3 is 5.73 Å². The number of hydrogen-bond acceptors (Lipinski definition) is 3. The first kappa shape index (κ1) is 15.5. The summed E-state index contributed by atoms with van der Waals surface area (Å²) < 4.78 is 0. The van der Waals surface area contributed by atoms with Gasteiger partial charge in [-0.15, -0.1) is 0 Å². The van der Waals surface area contributed by atoms with Gasteiger partial charge in [0.15, 0.2) is 0 Å². The molecule has 2 atom stereocenters. The number of benzene rings is 1. The summed E-state index contributed by atoms with van der Waals surface area (Å²) in [5, 5.41) is 0. The van der Waals surface area contributed by atoms with Gasteiger partial charge in [-0.05, 0) is 31.9 Å². The van der Waals surface area contributed by atoms with Crippen molar-refractivity contribution in [3.05, 3.63) is 35.9 Å². The zero-order chi connectivity index (χ0) is 14.4. The average molecular weight is 275 g/mol. The van der Waals surface area contributed by atoms with Crippen LogP contribution < -0.4 is 5.73 Å². The fourth-order valence-electron chi connectivity index (χ4n) is 3.14. The minimum absolute atomic E-state index is 0.486. The lowest BCUT2D eigenvalue weighted by molar-refractivity contribution is 0.0699. The first-order valence-corrected chi connectivity index (χ1v) is 7.99. The van der Waals surface area contributed by atoms with Crippen LogP contribution in [-0.4, -0.2) is 48.6 Å². The summed E-state index contributed by atoms with van der Waals surface area (Å²) in [6.45, 7) is 10.0. The van der Waals surface area contributed by atoms with Gasteiger partial charge in [-0.25, -0.2) is 0 Å². The summed E-state index contributed by atoms with van der Waals surface area (Å²) in [4.78, 5) is 5.22. The monoisotopic (exact) mass is 275 g/mol. The molecule has 1 saturated heterocycles. The zero-order valence-corrected chi connectivity index (χ0v) is 13.0. The van der Waals surface area contributed by atoms with Gasteiger partial charge in [0.25, 0.3) is 0 Å². The lowest BCUT2D eigenvalue weighted by atomic mass is 10.0. The lowest BCUT2D eigenvalue weighted by Gasteiger charge is -2.41. The molecule has 0 radical (unpaired) electrons. The van der Waals surface area contributed by atoms with Gasteiger partial charge in [-0.3, -0.25) is 9.80 Å². The van der Waals surface area contributed by atoms with E-state index in [-0.39, 0.29) is 0 Å². The van der Waals surface area contributed by atoms with Crippen molar-refractivity contribution in [1.82, 2.24) is 9.80 Å². The predicted molar refractivity (Wildman–Crippen MR) is 85.8 cm³/mol. The van der Waals surface area contributed by atoms with E-state index in [0.717, 1.165) is 26.1 Å². The minimum Gasteiger partial charge on any atom is -0.330 e. The van der Waals surface area contributed by atoms with Crippen molar-refractivity contribution in [3.8, 4) is 0 Å². The molecule has 1 aliphatic heterocycles. The van der Waals surface area contributed by atoms with E-state index in [0.29, 0.717) is 12.1 Å². The Bertz CT molecular complexity index is 371. The maximum Gasteiger partial charge on any atom is 0.0361 e. The SMILES string of the molecule is CCC(C)N1CCN(C(CCN)c2ccccc2)CC1. The number of nitrogens with zero attached hydrogens (tertiary/aromatic N) is 2. The molecule has 112 valence electrons. The highest BCUT2D eigenvalue weighted by atomic mass is 15.3. The summed E-state index contributed by atoms with van der Waals surface area (Å²) >= 11 is 0. The molecule has 3 nitrogen and oxygen atoms in total. The van der Waals surface area contributed by atoms with Gasteiger partial charge in [-0.1, -0.05) is 37.3 Å². The average Bonchev–Trinajstić information content (AvgIpc) is 2.53. The van der Waals surface area contributed by atoms with E-state index in [1.165, 1.54) is 25.1 Å². The molecule has 1 aromatic rings. The maximum atomic E-state index is 5.83. The third kappa shape index (κ3) is 3.81. The maximum absolute atomic E-state index is 5.83. The van der Waals surface area contributed by atoms with E-state index in [4.69, 9.17) is 5.73 Å². The Kier molecular flexibility index (Phi) is 6.02. The van der Waals surface area contributed by atoms with Crippen LogP contribution in [0.25, 0.3) is 0 Å². The number of nitrogens with two attached hydrogens (primary N) is 1. The zero-order valence-electron chi connectivity index (χ0n) is 13.0. The van der Waals surface area contributed by atoms with Crippen molar-refractivity contribution in [2.45, 2.75) is 38.8 Å². The standard InChI is InChI=1S/C17H29N3/c1-3-15(2)19-11-13-20(14-12-19)17(9-10-18)16-7-5-4-6-8-16/h4-8,15,17H,3,9-14,18H2,1-2H3. The topological polar surface area (TPSA) is 32.5 Å². The molecule has 0 bridgehead atoms. The Morgan fingerprint density at radius 3 is 2.20 bits per heavy atom. The molecule has 0 aromatic heterocycles. The number of hydrogen-bond donors (Lipinski definition) is 1. The molecule has 20 heavy (non-hydrogen) atoms. The second-order valence-corrected chi connectivity index (χ2v) is 5.83. The smallest absolute Gasteiger partial charge is 0.0361 e. The molecule has 0 saturated carbocycles. The molecule has 1 heterocycles. The largest absolute Gasteiger partial charge is 0.330 e. The molecule has 2 rings (SSSR count). The highest BCUT2D eigenvalue weighted by Crippen LogP contribution is 2.25.